The molecule has 17 heavy (non-hydrogen) atoms. The van der Waals surface area contributed by atoms with Gasteiger partial charge >= 0.3 is 0 Å². The van der Waals surface area contributed by atoms with Gasteiger partial charge in [0.05, 0.1) is 32.1 Å². The van der Waals surface area contributed by atoms with Gasteiger partial charge in [-0.3, -0.25) is 4.79 Å². The highest BCUT2D eigenvalue weighted by atomic mass is 79.9. The third-order valence-electron chi connectivity index (χ3n) is 2.35. The first kappa shape index (κ1) is 12.7. The fourth-order valence-corrected chi connectivity index (χ4v) is 1.86. The van der Waals surface area contributed by atoms with Crippen molar-refractivity contribution in [2.24, 2.45) is 0 Å². The fraction of sp³-hybridized carbons (Fsp3) is 0.600. The van der Waals surface area contributed by atoms with Gasteiger partial charge in [0, 0.05) is 7.11 Å². The number of methoxy groups -OCH3 is 1. The van der Waals surface area contributed by atoms with Gasteiger partial charge in [-0.25, -0.2) is 4.98 Å². The van der Waals surface area contributed by atoms with Gasteiger partial charge in [0.1, 0.15) is 16.4 Å². The van der Waals surface area contributed by atoms with Crippen LogP contribution in [0, 0.1) is 0 Å². The Kier molecular flexibility index (Phi) is 4.27. The number of hydrogen-bond acceptors (Lipinski definition) is 5. The summed E-state index contributed by atoms with van der Waals surface area (Å²) in [4.78, 5) is 18.7. The number of nitrogens with one attached hydrogen (secondary N) is 1. The van der Waals surface area contributed by atoms with Gasteiger partial charge in [0.2, 0.25) is 0 Å². The number of aromatic nitrogens is 2. The summed E-state index contributed by atoms with van der Waals surface area (Å²) in [6.07, 6.45) is -0.319. The van der Waals surface area contributed by atoms with Crippen LogP contribution >= 0.6 is 15.9 Å². The van der Waals surface area contributed by atoms with Gasteiger partial charge in [0.15, 0.2) is 0 Å². The molecule has 7 heteroatoms. The largest absolute Gasteiger partial charge is 0.378 e. The molecule has 1 fully saturated rings. The molecule has 0 aliphatic carbocycles. The van der Waals surface area contributed by atoms with E-state index in [1.54, 1.807) is 7.11 Å². The second-order valence-corrected chi connectivity index (χ2v) is 4.37. The molecule has 2 rings (SSSR count). The summed E-state index contributed by atoms with van der Waals surface area (Å²) >= 11 is 3.18. The van der Waals surface area contributed by atoms with Crippen LogP contribution in [0.2, 0.25) is 0 Å². The van der Waals surface area contributed by atoms with Gasteiger partial charge in [0.25, 0.3) is 5.56 Å². The van der Waals surface area contributed by atoms with Crippen molar-refractivity contribution < 1.29 is 14.2 Å². The molecule has 1 N–H and O–H groups in total. The predicted octanol–water partition coefficient (Wildman–Crippen LogP) is 0.767. The molecule has 0 aromatic carbocycles. The van der Waals surface area contributed by atoms with Crippen molar-refractivity contribution in [3.63, 3.8) is 0 Å². The molecule has 1 saturated heterocycles. The highest BCUT2D eigenvalue weighted by molar-refractivity contribution is 9.10. The number of halogens is 1. The van der Waals surface area contributed by atoms with E-state index in [1.807, 2.05) is 0 Å². The third-order valence-corrected chi connectivity index (χ3v) is 3.17. The minimum atomic E-state index is -0.319. The first-order valence-corrected chi connectivity index (χ1v) is 5.98. The van der Waals surface area contributed by atoms with Crippen LogP contribution in [0.5, 0.6) is 0 Å². The normalized spacial score (nSPS) is 20.5. The van der Waals surface area contributed by atoms with Crippen molar-refractivity contribution in [3.05, 3.63) is 26.3 Å². The van der Waals surface area contributed by atoms with Gasteiger partial charge in [-0.05, 0) is 15.9 Å². The quantitative estimate of drug-likeness (QED) is 0.893. The number of H-pyrrole nitrogens is 1. The van der Waals surface area contributed by atoms with E-state index in [-0.39, 0.29) is 18.3 Å². The first-order chi connectivity index (χ1) is 8.22. The number of aromatic amines is 1. The average Bonchev–Trinajstić information content (AvgIpc) is 2.36. The monoisotopic (exact) mass is 304 g/mol. The molecular weight excluding hydrogens is 292 g/mol. The Labute approximate surface area is 106 Å². The van der Waals surface area contributed by atoms with Gasteiger partial charge < -0.3 is 19.2 Å². The molecule has 1 aromatic rings. The second-order valence-electron chi connectivity index (χ2n) is 3.58. The predicted molar refractivity (Wildman–Crippen MR) is 62.8 cm³/mol. The summed E-state index contributed by atoms with van der Waals surface area (Å²) in [6, 6.07) is 0. The molecule has 1 aromatic heterocycles. The zero-order valence-electron chi connectivity index (χ0n) is 9.36. The second kappa shape index (κ2) is 5.72. The zero-order valence-corrected chi connectivity index (χ0v) is 10.9. The molecule has 0 amide bonds. The summed E-state index contributed by atoms with van der Waals surface area (Å²) in [5.41, 5.74) is 0.316. The van der Waals surface area contributed by atoms with Crippen molar-refractivity contribution in [3.8, 4) is 0 Å². The first-order valence-electron chi connectivity index (χ1n) is 5.19. The van der Waals surface area contributed by atoms with E-state index in [2.05, 4.69) is 25.9 Å². The highest BCUT2D eigenvalue weighted by Crippen LogP contribution is 2.18. The Morgan fingerprint density at radius 2 is 2.41 bits per heavy atom. The zero-order chi connectivity index (χ0) is 12.3. The summed E-state index contributed by atoms with van der Waals surface area (Å²) in [5, 5.41) is 0. The number of rotatable bonds is 3. The van der Waals surface area contributed by atoms with Crippen molar-refractivity contribution >= 4 is 15.9 Å². The Morgan fingerprint density at radius 1 is 1.59 bits per heavy atom. The van der Waals surface area contributed by atoms with E-state index >= 15 is 0 Å². The van der Waals surface area contributed by atoms with E-state index in [9.17, 15) is 4.79 Å². The molecule has 94 valence electrons. The van der Waals surface area contributed by atoms with Crippen LogP contribution in [-0.4, -0.2) is 36.9 Å². The molecule has 0 saturated carbocycles. The SMILES string of the molecule is COCc1nc(C2COCCO2)[nH]c(=O)c1Br. The van der Waals surface area contributed by atoms with E-state index in [1.165, 1.54) is 0 Å². The van der Waals surface area contributed by atoms with Crippen molar-refractivity contribution in [1.82, 2.24) is 9.97 Å². The molecule has 1 aliphatic heterocycles. The number of ether oxygens (including phenoxy) is 3. The van der Waals surface area contributed by atoms with Gasteiger partial charge in [-0.2, -0.15) is 0 Å². The van der Waals surface area contributed by atoms with Crippen LogP contribution in [-0.2, 0) is 20.8 Å². The number of hydrogen-bond donors (Lipinski definition) is 1. The van der Waals surface area contributed by atoms with Gasteiger partial charge in [-0.1, -0.05) is 0 Å². The van der Waals surface area contributed by atoms with Crippen LogP contribution < -0.4 is 5.56 Å². The smallest absolute Gasteiger partial charge is 0.265 e. The topological polar surface area (TPSA) is 73.4 Å². The maximum atomic E-state index is 11.7. The highest BCUT2D eigenvalue weighted by Gasteiger charge is 2.21. The molecule has 0 radical (unpaired) electrons. The van der Waals surface area contributed by atoms with E-state index < -0.39 is 0 Å². The van der Waals surface area contributed by atoms with Gasteiger partial charge in [-0.15, -0.1) is 0 Å². The summed E-state index contributed by atoms with van der Waals surface area (Å²) in [7, 11) is 1.55. The fourth-order valence-electron chi connectivity index (χ4n) is 1.56. The Bertz CT molecular complexity index is 442. The number of nitrogens with zero attached hydrogens (tertiary/aromatic N) is 1. The Morgan fingerprint density at radius 3 is 3.06 bits per heavy atom. The lowest BCUT2D eigenvalue weighted by Crippen LogP contribution is -2.27. The van der Waals surface area contributed by atoms with Crippen LogP contribution in [0.25, 0.3) is 0 Å². The lowest BCUT2D eigenvalue weighted by molar-refractivity contribution is -0.0937. The average molecular weight is 305 g/mol. The van der Waals surface area contributed by atoms with Crippen molar-refractivity contribution in [2.75, 3.05) is 26.9 Å². The minimum Gasteiger partial charge on any atom is -0.378 e. The lowest BCUT2D eigenvalue weighted by Gasteiger charge is -2.22. The molecule has 6 nitrogen and oxygen atoms in total. The molecular formula is C10H13BrN2O4. The maximum absolute atomic E-state index is 11.7. The summed E-state index contributed by atoms with van der Waals surface area (Å²) in [5.74, 6) is 0.477. The third kappa shape index (κ3) is 2.92. The molecule has 1 aliphatic rings. The van der Waals surface area contributed by atoms with E-state index in [4.69, 9.17) is 14.2 Å². The lowest BCUT2D eigenvalue weighted by atomic mass is 10.3. The van der Waals surface area contributed by atoms with Crippen LogP contribution in [0.4, 0.5) is 0 Å². The van der Waals surface area contributed by atoms with Crippen LogP contribution in [0.1, 0.15) is 17.6 Å². The Hall–Kier alpha value is -0.760. The molecule has 0 spiro atoms. The summed E-state index contributed by atoms with van der Waals surface area (Å²) < 4.78 is 16.1. The minimum absolute atomic E-state index is 0.240. The van der Waals surface area contributed by atoms with E-state index in [0.717, 1.165) is 0 Å². The Balaban J connectivity index is 2.30. The molecule has 1 unspecified atom stereocenters. The van der Waals surface area contributed by atoms with E-state index in [0.29, 0.717) is 35.8 Å². The summed E-state index contributed by atoms with van der Waals surface area (Å²) in [6.45, 7) is 1.74. The van der Waals surface area contributed by atoms with Crippen molar-refractivity contribution in [2.45, 2.75) is 12.7 Å². The van der Waals surface area contributed by atoms with Crippen molar-refractivity contribution in [1.29, 1.82) is 0 Å². The molecule has 1 atom stereocenters. The van der Waals surface area contributed by atoms with Crippen LogP contribution in [0.3, 0.4) is 0 Å². The molecule has 2 heterocycles. The van der Waals surface area contributed by atoms with Crippen LogP contribution in [0.15, 0.2) is 9.27 Å². The maximum Gasteiger partial charge on any atom is 0.265 e. The molecule has 0 bridgehead atoms. The standard InChI is InChI=1S/C10H13BrN2O4/c1-15-4-6-8(11)10(14)13-9(12-6)7-5-16-2-3-17-7/h7H,2-5H2,1H3,(H,12,13,14).